The van der Waals surface area contributed by atoms with Crippen molar-refractivity contribution in [1.82, 2.24) is 0 Å². The summed E-state index contributed by atoms with van der Waals surface area (Å²) in [6.07, 6.45) is 18.3. The van der Waals surface area contributed by atoms with Gasteiger partial charge in [-0.05, 0) is 32.6 Å². The van der Waals surface area contributed by atoms with E-state index in [1.54, 1.807) is 0 Å². The molecule has 0 saturated carbocycles. The molecule has 0 heterocycles. The maximum Gasteiger partial charge on any atom is 0.302 e. The van der Waals surface area contributed by atoms with Gasteiger partial charge in [0.25, 0.3) is 0 Å². The highest BCUT2D eigenvalue weighted by atomic mass is 16.5. The van der Waals surface area contributed by atoms with Crippen molar-refractivity contribution in [1.29, 1.82) is 0 Å². The molecular weight excluding hydrogens is 224 g/mol. The number of rotatable bonds is 11. The highest BCUT2D eigenvalue weighted by Crippen LogP contribution is 2.08. The maximum absolute atomic E-state index is 10.5. The van der Waals surface area contributed by atoms with E-state index in [2.05, 4.69) is 31.2 Å². The number of carbonyl (C=O) groups excluding carboxylic acids is 1. The van der Waals surface area contributed by atoms with Crippen molar-refractivity contribution in [3.05, 3.63) is 24.3 Å². The fourth-order valence-corrected chi connectivity index (χ4v) is 1.72. The Labute approximate surface area is 112 Å². The molecule has 18 heavy (non-hydrogen) atoms. The second-order valence-corrected chi connectivity index (χ2v) is 4.53. The molecule has 0 aromatic heterocycles. The van der Waals surface area contributed by atoms with E-state index in [-0.39, 0.29) is 5.97 Å². The first kappa shape index (κ1) is 16.9. The van der Waals surface area contributed by atoms with Crippen LogP contribution in [0.2, 0.25) is 0 Å². The predicted molar refractivity (Wildman–Crippen MR) is 77.5 cm³/mol. The number of hydrogen-bond acceptors (Lipinski definition) is 2. The normalized spacial score (nSPS) is 11.4. The van der Waals surface area contributed by atoms with Crippen LogP contribution in [0, 0.1) is 0 Å². The molecular formula is C16H28O2. The molecule has 0 radical (unpaired) electrons. The summed E-state index contributed by atoms with van der Waals surface area (Å²) in [5.74, 6) is -0.167. The van der Waals surface area contributed by atoms with Gasteiger partial charge in [-0.25, -0.2) is 0 Å². The fraction of sp³-hybridized carbons (Fsp3) is 0.688. The minimum atomic E-state index is -0.167. The van der Waals surface area contributed by atoms with E-state index in [0.29, 0.717) is 6.61 Å². The van der Waals surface area contributed by atoms with Crippen LogP contribution < -0.4 is 0 Å². The second kappa shape index (κ2) is 14.0. The van der Waals surface area contributed by atoms with Crippen LogP contribution in [0.1, 0.15) is 65.2 Å². The molecule has 0 rings (SSSR count). The van der Waals surface area contributed by atoms with Gasteiger partial charge in [0, 0.05) is 6.92 Å². The van der Waals surface area contributed by atoms with Crippen molar-refractivity contribution in [2.45, 2.75) is 65.2 Å². The molecule has 2 heteroatoms. The smallest absolute Gasteiger partial charge is 0.302 e. The van der Waals surface area contributed by atoms with Crippen LogP contribution in [0.15, 0.2) is 24.3 Å². The lowest BCUT2D eigenvalue weighted by molar-refractivity contribution is -0.141. The summed E-state index contributed by atoms with van der Waals surface area (Å²) in [7, 11) is 0. The van der Waals surface area contributed by atoms with Gasteiger partial charge in [0.15, 0.2) is 0 Å². The summed E-state index contributed by atoms with van der Waals surface area (Å²) in [5.41, 5.74) is 0. The van der Waals surface area contributed by atoms with Gasteiger partial charge >= 0.3 is 5.97 Å². The molecule has 0 saturated heterocycles. The van der Waals surface area contributed by atoms with Crippen LogP contribution in [0.5, 0.6) is 0 Å². The monoisotopic (exact) mass is 252 g/mol. The van der Waals surface area contributed by atoms with Gasteiger partial charge in [-0.15, -0.1) is 0 Å². The van der Waals surface area contributed by atoms with E-state index in [0.717, 1.165) is 12.8 Å². The van der Waals surface area contributed by atoms with Crippen LogP contribution in [0.25, 0.3) is 0 Å². The van der Waals surface area contributed by atoms with Crippen LogP contribution in [0.4, 0.5) is 0 Å². The predicted octanol–water partition coefficient (Wildman–Crippen LogP) is 4.80. The summed E-state index contributed by atoms with van der Waals surface area (Å²) in [4.78, 5) is 10.5. The van der Waals surface area contributed by atoms with E-state index in [1.165, 1.54) is 45.4 Å². The van der Waals surface area contributed by atoms with Crippen LogP contribution in [0.3, 0.4) is 0 Å². The Hall–Kier alpha value is -1.05. The summed E-state index contributed by atoms with van der Waals surface area (Å²) >= 11 is 0. The SMILES string of the molecule is C/C=C\C/C=C/CCCCCCCCOC(C)=O. The lowest BCUT2D eigenvalue weighted by atomic mass is 10.1. The number of allylic oxidation sites excluding steroid dienone is 4. The third-order valence-electron chi connectivity index (χ3n) is 2.74. The average Bonchev–Trinajstić information content (AvgIpc) is 2.34. The van der Waals surface area contributed by atoms with Crippen molar-refractivity contribution in [3.8, 4) is 0 Å². The summed E-state index contributed by atoms with van der Waals surface area (Å²) in [5, 5.41) is 0. The highest BCUT2D eigenvalue weighted by molar-refractivity contribution is 5.65. The maximum atomic E-state index is 10.5. The van der Waals surface area contributed by atoms with E-state index in [4.69, 9.17) is 4.74 Å². The number of unbranched alkanes of at least 4 members (excludes halogenated alkanes) is 6. The van der Waals surface area contributed by atoms with Crippen molar-refractivity contribution in [3.63, 3.8) is 0 Å². The van der Waals surface area contributed by atoms with Gasteiger partial charge in [-0.1, -0.05) is 50.0 Å². The number of esters is 1. The third kappa shape index (κ3) is 14.9. The fourth-order valence-electron chi connectivity index (χ4n) is 1.72. The second-order valence-electron chi connectivity index (χ2n) is 4.53. The Morgan fingerprint density at radius 3 is 2.28 bits per heavy atom. The van der Waals surface area contributed by atoms with E-state index < -0.39 is 0 Å². The molecule has 0 aliphatic rings. The summed E-state index contributed by atoms with van der Waals surface area (Å²) in [6.45, 7) is 4.10. The first-order chi connectivity index (χ1) is 8.77. The molecule has 0 atom stereocenters. The molecule has 0 spiro atoms. The zero-order valence-corrected chi connectivity index (χ0v) is 12.0. The van der Waals surface area contributed by atoms with Crippen LogP contribution in [-0.4, -0.2) is 12.6 Å². The molecule has 0 aromatic rings. The van der Waals surface area contributed by atoms with E-state index in [9.17, 15) is 4.79 Å². The Morgan fingerprint density at radius 1 is 0.944 bits per heavy atom. The quantitative estimate of drug-likeness (QED) is 0.300. The lowest BCUT2D eigenvalue weighted by Gasteiger charge is -2.01. The Morgan fingerprint density at radius 2 is 1.61 bits per heavy atom. The molecule has 0 bridgehead atoms. The molecule has 0 fully saturated rings. The Kier molecular flexibility index (Phi) is 13.2. The molecule has 104 valence electrons. The molecule has 0 amide bonds. The first-order valence-electron chi connectivity index (χ1n) is 7.17. The molecule has 0 N–H and O–H groups in total. The van der Waals surface area contributed by atoms with Crippen molar-refractivity contribution in [2.75, 3.05) is 6.61 Å². The first-order valence-corrected chi connectivity index (χ1v) is 7.17. The Balaban J connectivity index is 3.07. The van der Waals surface area contributed by atoms with Gasteiger partial charge in [-0.2, -0.15) is 0 Å². The minimum absolute atomic E-state index is 0.167. The highest BCUT2D eigenvalue weighted by Gasteiger charge is 1.93. The van der Waals surface area contributed by atoms with Crippen LogP contribution in [-0.2, 0) is 9.53 Å². The standard InChI is InChI=1S/C16H28O2/c1-3-4-5-6-7-8-9-10-11-12-13-14-15-18-16(2)17/h3-4,6-7H,5,8-15H2,1-2H3/b4-3-,7-6+. The zero-order valence-electron chi connectivity index (χ0n) is 12.0. The Bertz CT molecular complexity index is 241. The minimum Gasteiger partial charge on any atom is -0.466 e. The molecule has 0 aliphatic heterocycles. The van der Waals surface area contributed by atoms with Crippen molar-refractivity contribution < 1.29 is 9.53 Å². The van der Waals surface area contributed by atoms with Crippen molar-refractivity contribution >= 4 is 5.97 Å². The summed E-state index contributed by atoms with van der Waals surface area (Å²) in [6, 6.07) is 0. The molecule has 0 aliphatic carbocycles. The molecule has 0 aromatic carbocycles. The van der Waals surface area contributed by atoms with E-state index in [1.807, 2.05) is 0 Å². The lowest BCUT2D eigenvalue weighted by Crippen LogP contribution is -1.99. The average molecular weight is 252 g/mol. The summed E-state index contributed by atoms with van der Waals surface area (Å²) < 4.78 is 4.88. The third-order valence-corrected chi connectivity index (χ3v) is 2.74. The number of hydrogen-bond donors (Lipinski definition) is 0. The largest absolute Gasteiger partial charge is 0.466 e. The van der Waals surface area contributed by atoms with Gasteiger partial charge < -0.3 is 4.74 Å². The number of carbonyl (C=O) groups is 1. The number of ether oxygens (including phenoxy) is 1. The van der Waals surface area contributed by atoms with Gasteiger partial charge in [0.1, 0.15) is 0 Å². The van der Waals surface area contributed by atoms with Crippen molar-refractivity contribution in [2.24, 2.45) is 0 Å². The van der Waals surface area contributed by atoms with Gasteiger partial charge in [-0.3, -0.25) is 4.79 Å². The molecule has 2 nitrogen and oxygen atoms in total. The molecule has 0 unspecified atom stereocenters. The van der Waals surface area contributed by atoms with Crippen LogP contribution >= 0.6 is 0 Å². The topological polar surface area (TPSA) is 26.3 Å². The van der Waals surface area contributed by atoms with Gasteiger partial charge in [0.05, 0.1) is 6.61 Å². The van der Waals surface area contributed by atoms with E-state index >= 15 is 0 Å². The zero-order chi connectivity index (χ0) is 13.5. The van der Waals surface area contributed by atoms with Gasteiger partial charge in [0.2, 0.25) is 0 Å².